The average molecular weight is 692 g/mol. The van der Waals surface area contributed by atoms with Crippen molar-refractivity contribution >= 4 is 5.78 Å². The summed E-state index contributed by atoms with van der Waals surface area (Å²) in [4.78, 5) is 12.2. The van der Waals surface area contributed by atoms with Gasteiger partial charge in [-0.05, 0) is 65.8 Å². The lowest BCUT2D eigenvalue weighted by molar-refractivity contribution is 0.0783. The third-order valence-corrected chi connectivity index (χ3v) is 8.01. The van der Waals surface area contributed by atoms with E-state index in [1.54, 1.807) is 17.9 Å². The third kappa shape index (κ3) is 13.6. The Bertz CT molecular complexity index is 1560. The van der Waals surface area contributed by atoms with E-state index in [1.165, 1.54) is 6.42 Å². The Balaban J connectivity index is 0.000000335. The Morgan fingerprint density at radius 2 is 1.50 bits per heavy atom. The minimum Gasteiger partial charge on any atom is -0.499 e. The molecule has 4 rings (SSSR count). The van der Waals surface area contributed by atoms with Crippen LogP contribution in [0.25, 0.3) is 22.5 Å². The van der Waals surface area contributed by atoms with E-state index in [2.05, 4.69) is 75.5 Å². The smallest absolute Gasteiger partial charge is 0.159 e. The average Bonchev–Trinajstić information content (AvgIpc) is 3.90. The lowest BCUT2D eigenvalue weighted by atomic mass is 10.0. The number of hydrogen-bond donors (Lipinski definition) is 2. The first-order chi connectivity index (χ1) is 24.3. The summed E-state index contributed by atoms with van der Waals surface area (Å²) in [7, 11) is 1.96. The fourth-order valence-corrected chi connectivity index (χ4v) is 5.12. The van der Waals surface area contributed by atoms with Gasteiger partial charge in [0.25, 0.3) is 0 Å². The quantitative estimate of drug-likeness (QED) is 0.0626. The highest BCUT2D eigenvalue weighted by Gasteiger charge is 2.14. The molecule has 14 heteroatoms. The number of carbonyl (C=O) groups is 1. The van der Waals surface area contributed by atoms with Gasteiger partial charge in [0.05, 0.1) is 56.2 Å². The van der Waals surface area contributed by atoms with Gasteiger partial charge in [-0.3, -0.25) is 4.79 Å². The summed E-state index contributed by atoms with van der Waals surface area (Å²) >= 11 is 0. The summed E-state index contributed by atoms with van der Waals surface area (Å²) in [5, 5.41) is 31.9. The van der Waals surface area contributed by atoms with Gasteiger partial charge in [-0.1, -0.05) is 48.4 Å². The number of allylic oxidation sites excluding steroid dienone is 1. The van der Waals surface area contributed by atoms with Gasteiger partial charge in [0.15, 0.2) is 5.78 Å². The first kappa shape index (κ1) is 40.2. The number of hydrogen-bond acceptors (Lipinski definition) is 11. The zero-order chi connectivity index (χ0) is 36.1. The van der Waals surface area contributed by atoms with Gasteiger partial charge in [0, 0.05) is 48.9 Å². The molecule has 2 unspecified atom stereocenters. The lowest BCUT2D eigenvalue weighted by Gasteiger charge is -2.08. The molecule has 0 aliphatic carbocycles. The molecule has 1 aromatic carbocycles. The number of ketones is 1. The molecular formula is C36H57N11O3. The number of aromatic nitrogens is 9. The van der Waals surface area contributed by atoms with E-state index < -0.39 is 0 Å². The predicted octanol–water partition coefficient (Wildman–Crippen LogP) is 5.32. The minimum atomic E-state index is -0.0224. The highest BCUT2D eigenvalue weighted by Crippen LogP contribution is 2.27. The molecule has 0 fully saturated rings. The van der Waals surface area contributed by atoms with Crippen molar-refractivity contribution < 1.29 is 14.3 Å². The van der Waals surface area contributed by atoms with Crippen molar-refractivity contribution in [3.63, 3.8) is 0 Å². The normalized spacial score (nSPS) is 12.5. The van der Waals surface area contributed by atoms with Crippen molar-refractivity contribution in [1.29, 1.82) is 0 Å². The van der Waals surface area contributed by atoms with Crippen LogP contribution in [-0.4, -0.2) is 97.3 Å². The summed E-state index contributed by atoms with van der Waals surface area (Å²) in [6.07, 6.45) is 14.7. The first-order valence-corrected chi connectivity index (χ1v) is 17.8. The SMILES string of the molecule is C/C=C/OCCOCCn1cc(-c2cc(C(C)=O)cc(-c3cn(C(C)CCC)nn3)c2)nn1.CCCC(C)n1cc(CCNCCNC)nn1. The van der Waals surface area contributed by atoms with Crippen LogP contribution >= 0.6 is 0 Å². The molecule has 0 saturated heterocycles. The molecule has 14 nitrogen and oxygen atoms in total. The summed E-state index contributed by atoms with van der Waals surface area (Å²) in [6, 6.07) is 6.37. The van der Waals surface area contributed by atoms with E-state index in [9.17, 15) is 4.79 Å². The predicted molar refractivity (Wildman–Crippen MR) is 196 cm³/mol. The Kier molecular flexibility index (Phi) is 18.0. The van der Waals surface area contributed by atoms with Crippen LogP contribution < -0.4 is 10.6 Å². The van der Waals surface area contributed by atoms with Crippen LogP contribution in [0.5, 0.6) is 0 Å². The molecule has 274 valence electrons. The van der Waals surface area contributed by atoms with Crippen LogP contribution in [0.15, 0.2) is 49.1 Å². The molecule has 0 aliphatic heterocycles. The fourth-order valence-electron chi connectivity index (χ4n) is 5.12. The molecule has 50 heavy (non-hydrogen) atoms. The van der Waals surface area contributed by atoms with Crippen molar-refractivity contribution in [2.45, 2.75) is 92.3 Å². The lowest BCUT2D eigenvalue weighted by Crippen LogP contribution is -2.26. The summed E-state index contributed by atoms with van der Waals surface area (Å²) in [6.45, 7) is 17.1. The molecule has 0 saturated carbocycles. The monoisotopic (exact) mass is 691 g/mol. The van der Waals surface area contributed by atoms with Crippen LogP contribution in [0.4, 0.5) is 0 Å². The van der Waals surface area contributed by atoms with Gasteiger partial charge in [-0.15, -0.1) is 15.3 Å². The number of ether oxygens (including phenoxy) is 2. The van der Waals surface area contributed by atoms with Gasteiger partial charge >= 0.3 is 0 Å². The van der Waals surface area contributed by atoms with Crippen LogP contribution in [-0.2, 0) is 22.4 Å². The summed E-state index contributed by atoms with van der Waals surface area (Å²) < 4.78 is 16.4. The van der Waals surface area contributed by atoms with Crippen molar-refractivity contribution in [2.75, 3.05) is 46.5 Å². The molecule has 3 heterocycles. The van der Waals surface area contributed by atoms with Gasteiger partial charge < -0.3 is 20.1 Å². The van der Waals surface area contributed by atoms with Crippen molar-refractivity contribution in [2.24, 2.45) is 0 Å². The Morgan fingerprint density at radius 3 is 2.16 bits per heavy atom. The van der Waals surface area contributed by atoms with Crippen LogP contribution in [0, 0.1) is 0 Å². The number of benzene rings is 1. The molecule has 0 aliphatic rings. The van der Waals surface area contributed by atoms with E-state index in [-0.39, 0.29) is 11.8 Å². The van der Waals surface area contributed by atoms with E-state index in [0.717, 1.165) is 67.8 Å². The van der Waals surface area contributed by atoms with E-state index in [0.29, 0.717) is 43.7 Å². The molecule has 0 amide bonds. The first-order valence-electron chi connectivity index (χ1n) is 17.8. The molecule has 0 bridgehead atoms. The van der Waals surface area contributed by atoms with Crippen LogP contribution in [0.2, 0.25) is 0 Å². The number of rotatable bonds is 22. The number of nitrogens with one attached hydrogen (secondary N) is 2. The molecule has 3 aromatic heterocycles. The summed E-state index contributed by atoms with van der Waals surface area (Å²) in [5.74, 6) is -0.0224. The van der Waals surface area contributed by atoms with Crippen molar-refractivity contribution in [1.82, 2.24) is 55.6 Å². The van der Waals surface area contributed by atoms with Gasteiger partial charge in [0.2, 0.25) is 0 Å². The number of Topliss-reactive ketones (excluding diaryl/α,β-unsaturated/α-hetero) is 1. The molecule has 2 atom stereocenters. The highest BCUT2D eigenvalue weighted by atomic mass is 16.5. The minimum absolute atomic E-state index is 0.0224. The number of likely N-dealkylation sites (N-methyl/N-ethyl adjacent to an activating group) is 1. The summed E-state index contributed by atoms with van der Waals surface area (Å²) in [5.41, 5.74) is 4.71. The molecule has 0 spiro atoms. The number of carbonyl (C=O) groups excluding carboxylic acids is 1. The van der Waals surface area contributed by atoms with E-state index in [4.69, 9.17) is 9.47 Å². The van der Waals surface area contributed by atoms with Crippen molar-refractivity contribution in [3.05, 3.63) is 60.4 Å². The van der Waals surface area contributed by atoms with Crippen LogP contribution in [0.1, 0.15) is 95.4 Å². The fraction of sp³-hybridized carbons (Fsp3) is 0.583. The molecule has 0 radical (unpaired) electrons. The third-order valence-electron chi connectivity index (χ3n) is 8.01. The second-order valence-electron chi connectivity index (χ2n) is 12.3. The largest absolute Gasteiger partial charge is 0.499 e. The molecule has 2 N–H and O–H groups in total. The second kappa shape index (κ2) is 22.4. The van der Waals surface area contributed by atoms with Crippen LogP contribution in [0.3, 0.4) is 0 Å². The van der Waals surface area contributed by atoms with Gasteiger partial charge in [-0.25, -0.2) is 14.0 Å². The maximum absolute atomic E-state index is 12.2. The van der Waals surface area contributed by atoms with Gasteiger partial charge in [0.1, 0.15) is 18.0 Å². The Hall–Kier alpha value is -4.27. The Morgan fingerprint density at radius 1 is 0.840 bits per heavy atom. The maximum atomic E-state index is 12.2. The maximum Gasteiger partial charge on any atom is 0.159 e. The standard InChI is InChI=1S/C24H32N6O3.C12H25N5/c1-5-7-18(3)30-17-24(26-28-30)22-14-20(19(4)31)13-21(15-22)23-16-29(27-25-23)8-10-33-12-11-32-9-6-2;1-4-5-11(2)17-10-12(15-16-17)6-7-14-9-8-13-3/h6,9,13-18H,5,7-8,10-12H2,1-4H3;10-11,13-14H,4-9H2,1-3H3/b9-6+;. The van der Waals surface area contributed by atoms with Gasteiger partial charge in [-0.2, -0.15) is 0 Å². The highest BCUT2D eigenvalue weighted by molar-refractivity contribution is 5.96. The zero-order valence-electron chi connectivity index (χ0n) is 31.0. The van der Waals surface area contributed by atoms with Crippen molar-refractivity contribution in [3.8, 4) is 22.5 Å². The Labute approximate surface area is 297 Å². The topological polar surface area (TPSA) is 152 Å². The number of nitrogens with zero attached hydrogens (tertiary/aromatic N) is 9. The van der Waals surface area contributed by atoms with E-state index >= 15 is 0 Å². The second-order valence-corrected chi connectivity index (χ2v) is 12.3. The molecule has 4 aromatic rings. The molecular weight excluding hydrogens is 634 g/mol. The zero-order valence-corrected chi connectivity index (χ0v) is 31.0. The van der Waals surface area contributed by atoms with E-state index in [1.807, 2.05) is 60.0 Å².